The van der Waals surface area contributed by atoms with Crippen LogP contribution in [0, 0.1) is 18.6 Å². The molecule has 4 heteroatoms. The lowest BCUT2D eigenvalue weighted by Gasteiger charge is -2.06. The van der Waals surface area contributed by atoms with Crippen LogP contribution in [0.5, 0.6) is 0 Å². The van der Waals surface area contributed by atoms with Gasteiger partial charge in [0.25, 0.3) is 0 Å². The Bertz CT molecular complexity index is 477. The van der Waals surface area contributed by atoms with Crippen molar-refractivity contribution >= 4 is 0 Å². The zero-order valence-corrected chi connectivity index (χ0v) is 8.04. The lowest BCUT2D eigenvalue weighted by Crippen LogP contribution is -1.95. The van der Waals surface area contributed by atoms with E-state index in [1.54, 1.807) is 25.3 Å². The van der Waals surface area contributed by atoms with Crippen LogP contribution in [0.4, 0.5) is 8.78 Å². The van der Waals surface area contributed by atoms with Crippen LogP contribution in [0.15, 0.2) is 30.7 Å². The molecule has 0 N–H and O–H groups in total. The van der Waals surface area contributed by atoms with E-state index >= 15 is 0 Å². The van der Waals surface area contributed by atoms with Gasteiger partial charge in [0.1, 0.15) is 0 Å². The lowest BCUT2D eigenvalue weighted by atomic mass is 10.1. The predicted molar refractivity (Wildman–Crippen MR) is 52.1 cm³/mol. The molecule has 0 amide bonds. The van der Waals surface area contributed by atoms with Crippen LogP contribution in [-0.4, -0.2) is 9.97 Å². The Morgan fingerprint density at radius 2 is 1.80 bits per heavy atom. The van der Waals surface area contributed by atoms with E-state index in [4.69, 9.17) is 0 Å². The van der Waals surface area contributed by atoms with Crippen molar-refractivity contribution in [2.24, 2.45) is 0 Å². The Morgan fingerprint density at radius 3 is 2.40 bits per heavy atom. The first-order chi connectivity index (χ1) is 7.20. The van der Waals surface area contributed by atoms with Crippen molar-refractivity contribution in [3.05, 3.63) is 48.1 Å². The summed E-state index contributed by atoms with van der Waals surface area (Å²) in [5.74, 6) is -1.35. The Kier molecular flexibility index (Phi) is 2.41. The molecule has 2 aromatic rings. The minimum Gasteiger partial charge on any atom is -0.261 e. The number of rotatable bonds is 1. The van der Waals surface area contributed by atoms with E-state index in [-0.39, 0.29) is 5.56 Å². The standard InChI is InChI=1S/C11H8F2N2/c1-7-8(3-2-4-15-7)11-9(12)5-14-6-10(11)13/h2-6H,1H3. The Balaban J connectivity index is 2.69. The van der Waals surface area contributed by atoms with Crippen LogP contribution in [-0.2, 0) is 0 Å². The summed E-state index contributed by atoms with van der Waals surface area (Å²) in [5.41, 5.74) is 0.965. The average Bonchev–Trinajstić information content (AvgIpc) is 2.20. The van der Waals surface area contributed by atoms with Crippen LogP contribution in [0.25, 0.3) is 11.1 Å². The van der Waals surface area contributed by atoms with Crippen LogP contribution in [0.2, 0.25) is 0 Å². The van der Waals surface area contributed by atoms with E-state index in [0.717, 1.165) is 12.4 Å². The normalized spacial score (nSPS) is 10.3. The molecule has 0 bridgehead atoms. The van der Waals surface area contributed by atoms with Gasteiger partial charge in [-0.25, -0.2) is 8.78 Å². The average molecular weight is 206 g/mol. The SMILES string of the molecule is Cc1ncccc1-c1c(F)cncc1F. The smallest absolute Gasteiger partial charge is 0.152 e. The molecule has 0 unspecified atom stereocenters. The second kappa shape index (κ2) is 3.73. The van der Waals surface area contributed by atoms with Crippen molar-refractivity contribution in [1.29, 1.82) is 0 Å². The molecule has 0 saturated heterocycles. The zero-order valence-electron chi connectivity index (χ0n) is 8.04. The molecule has 0 spiro atoms. The quantitative estimate of drug-likeness (QED) is 0.716. The minimum absolute atomic E-state index is 0.0735. The van der Waals surface area contributed by atoms with E-state index in [2.05, 4.69) is 9.97 Å². The van der Waals surface area contributed by atoms with E-state index in [1.807, 2.05) is 0 Å². The highest BCUT2D eigenvalue weighted by Gasteiger charge is 2.13. The summed E-state index contributed by atoms with van der Waals surface area (Å²) in [6, 6.07) is 3.27. The summed E-state index contributed by atoms with van der Waals surface area (Å²) in [4.78, 5) is 7.41. The number of aryl methyl sites for hydroxylation is 1. The number of nitrogens with zero attached hydrogens (tertiary/aromatic N) is 2. The third-order valence-corrected chi connectivity index (χ3v) is 2.13. The molecule has 0 atom stereocenters. The number of halogens is 2. The van der Waals surface area contributed by atoms with Gasteiger partial charge in [0, 0.05) is 17.5 Å². The van der Waals surface area contributed by atoms with Gasteiger partial charge in [0.05, 0.1) is 18.0 Å². The second-order valence-corrected chi connectivity index (χ2v) is 3.11. The number of hydrogen-bond donors (Lipinski definition) is 0. The van der Waals surface area contributed by atoms with Crippen LogP contribution in [0.1, 0.15) is 5.69 Å². The fourth-order valence-electron chi connectivity index (χ4n) is 1.42. The Labute approximate surface area is 85.6 Å². The second-order valence-electron chi connectivity index (χ2n) is 3.11. The maximum Gasteiger partial charge on any atom is 0.152 e. The maximum absolute atomic E-state index is 13.4. The van der Waals surface area contributed by atoms with Gasteiger partial charge < -0.3 is 0 Å². The summed E-state index contributed by atoms with van der Waals surface area (Å²) in [7, 11) is 0. The fraction of sp³-hybridized carbons (Fsp3) is 0.0909. The molecule has 2 rings (SSSR count). The molecule has 2 aromatic heterocycles. The monoisotopic (exact) mass is 206 g/mol. The van der Waals surface area contributed by atoms with Gasteiger partial charge in [0.2, 0.25) is 0 Å². The van der Waals surface area contributed by atoms with Crippen LogP contribution < -0.4 is 0 Å². The molecular weight excluding hydrogens is 198 g/mol. The summed E-state index contributed by atoms with van der Waals surface area (Å²) >= 11 is 0. The third-order valence-electron chi connectivity index (χ3n) is 2.13. The number of pyridine rings is 2. The topological polar surface area (TPSA) is 25.8 Å². The molecule has 0 aliphatic heterocycles. The summed E-state index contributed by atoms with van der Waals surface area (Å²) in [5, 5.41) is 0. The highest BCUT2D eigenvalue weighted by atomic mass is 19.1. The zero-order chi connectivity index (χ0) is 10.8. The van der Waals surface area contributed by atoms with Gasteiger partial charge in [-0.15, -0.1) is 0 Å². The molecule has 0 fully saturated rings. The Morgan fingerprint density at radius 1 is 1.13 bits per heavy atom. The summed E-state index contributed by atoms with van der Waals surface area (Å²) < 4.78 is 26.8. The number of hydrogen-bond acceptors (Lipinski definition) is 2. The van der Waals surface area contributed by atoms with Gasteiger partial charge in [-0.2, -0.15) is 0 Å². The van der Waals surface area contributed by atoms with Gasteiger partial charge in [-0.3, -0.25) is 9.97 Å². The fourth-order valence-corrected chi connectivity index (χ4v) is 1.42. The molecule has 76 valence electrons. The van der Waals surface area contributed by atoms with Gasteiger partial charge in [0.15, 0.2) is 11.6 Å². The predicted octanol–water partition coefficient (Wildman–Crippen LogP) is 2.73. The molecule has 0 saturated carbocycles. The van der Waals surface area contributed by atoms with Crippen molar-refractivity contribution in [3.63, 3.8) is 0 Å². The maximum atomic E-state index is 13.4. The van der Waals surface area contributed by atoms with Crippen molar-refractivity contribution in [3.8, 4) is 11.1 Å². The summed E-state index contributed by atoms with van der Waals surface area (Å²) in [6.45, 7) is 1.70. The molecule has 0 aliphatic carbocycles. The molecule has 2 heterocycles. The Hall–Kier alpha value is -1.84. The summed E-state index contributed by atoms with van der Waals surface area (Å²) in [6.07, 6.45) is 3.56. The van der Waals surface area contributed by atoms with Crippen molar-refractivity contribution in [2.75, 3.05) is 0 Å². The molecule has 0 aliphatic rings. The highest BCUT2D eigenvalue weighted by molar-refractivity contribution is 5.66. The third kappa shape index (κ3) is 1.70. The minimum atomic E-state index is -0.675. The van der Waals surface area contributed by atoms with E-state index in [1.165, 1.54) is 0 Å². The first-order valence-electron chi connectivity index (χ1n) is 4.41. The van der Waals surface area contributed by atoms with Crippen molar-refractivity contribution in [2.45, 2.75) is 6.92 Å². The lowest BCUT2D eigenvalue weighted by molar-refractivity contribution is 0.579. The highest BCUT2D eigenvalue weighted by Crippen LogP contribution is 2.26. The van der Waals surface area contributed by atoms with E-state index < -0.39 is 11.6 Å². The van der Waals surface area contributed by atoms with Crippen LogP contribution in [0.3, 0.4) is 0 Å². The molecular formula is C11H8F2N2. The molecule has 15 heavy (non-hydrogen) atoms. The molecule has 0 radical (unpaired) electrons. The molecule has 2 nitrogen and oxygen atoms in total. The largest absolute Gasteiger partial charge is 0.261 e. The van der Waals surface area contributed by atoms with Gasteiger partial charge in [-0.1, -0.05) is 6.07 Å². The van der Waals surface area contributed by atoms with Crippen molar-refractivity contribution in [1.82, 2.24) is 9.97 Å². The van der Waals surface area contributed by atoms with E-state index in [9.17, 15) is 8.78 Å². The molecule has 0 aromatic carbocycles. The van der Waals surface area contributed by atoms with Gasteiger partial charge >= 0.3 is 0 Å². The number of aromatic nitrogens is 2. The van der Waals surface area contributed by atoms with Crippen molar-refractivity contribution < 1.29 is 8.78 Å². The first-order valence-corrected chi connectivity index (χ1v) is 4.41. The first kappa shape index (κ1) is 9.71. The van der Waals surface area contributed by atoms with Crippen LogP contribution >= 0.6 is 0 Å². The van der Waals surface area contributed by atoms with E-state index in [0.29, 0.717) is 11.3 Å². The van der Waals surface area contributed by atoms with Gasteiger partial charge in [-0.05, 0) is 13.0 Å².